The van der Waals surface area contributed by atoms with Gasteiger partial charge in [-0.25, -0.2) is 0 Å². The van der Waals surface area contributed by atoms with Crippen molar-refractivity contribution in [2.75, 3.05) is 32.1 Å². The fraction of sp³-hybridized carbons (Fsp3) is 0.389. The van der Waals surface area contributed by atoms with Crippen LogP contribution in [-0.4, -0.2) is 43.5 Å². The zero-order valence-electron chi connectivity index (χ0n) is 14.5. The van der Waals surface area contributed by atoms with Gasteiger partial charge in [0.05, 0.1) is 12.1 Å². The Morgan fingerprint density at radius 2 is 2.31 bits per heavy atom. The second-order valence-electron chi connectivity index (χ2n) is 5.77. The summed E-state index contributed by atoms with van der Waals surface area (Å²) >= 11 is 6.01. The maximum atomic E-state index is 12.2. The number of carbonyl (C=O) groups is 2. The highest BCUT2D eigenvalue weighted by atomic mass is 35.5. The molecule has 0 aromatic heterocycles. The number of benzene rings is 1. The molecule has 138 valence electrons. The van der Waals surface area contributed by atoms with Gasteiger partial charge < -0.3 is 20.3 Å². The maximum absolute atomic E-state index is 12.2. The molecule has 2 N–H and O–H groups in total. The average Bonchev–Trinajstić information content (AvgIpc) is 3.03. The number of nitrogens with one attached hydrogen (secondary N) is 2. The number of hydrogen-bond acceptors (Lipinski definition) is 5. The fourth-order valence-electron chi connectivity index (χ4n) is 2.58. The number of carbonyl (C=O) groups excluding carboxylic acids is 2. The van der Waals surface area contributed by atoms with Gasteiger partial charge in [0.25, 0.3) is 5.91 Å². The Morgan fingerprint density at radius 1 is 1.50 bits per heavy atom. The summed E-state index contributed by atoms with van der Waals surface area (Å²) in [6.45, 7) is 2.06. The predicted octanol–water partition coefficient (Wildman–Crippen LogP) is 2.30. The van der Waals surface area contributed by atoms with Crippen molar-refractivity contribution < 1.29 is 14.3 Å². The third-order valence-electron chi connectivity index (χ3n) is 3.94. The maximum Gasteiger partial charge on any atom is 0.267 e. The number of ether oxygens (including phenoxy) is 1. The highest BCUT2D eigenvalue weighted by Crippen LogP contribution is 2.27. The minimum atomic E-state index is -0.532. The number of nitrogens with zero attached hydrogens (tertiary/aromatic N) is 2. The Hall–Kier alpha value is -2.72. The molecule has 1 aromatic rings. The minimum absolute atomic E-state index is 0.0470. The second kappa shape index (κ2) is 9.68. The minimum Gasteiger partial charge on any atom is -0.495 e. The van der Waals surface area contributed by atoms with Crippen LogP contribution in [0.1, 0.15) is 19.3 Å². The van der Waals surface area contributed by atoms with E-state index in [9.17, 15) is 9.59 Å². The van der Waals surface area contributed by atoms with E-state index in [1.807, 2.05) is 11.0 Å². The first-order valence-electron chi connectivity index (χ1n) is 8.31. The summed E-state index contributed by atoms with van der Waals surface area (Å²) in [4.78, 5) is 25.5. The molecule has 1 aliphatic heterocycles. The smallest absolute Gasteiger partial charge is 0.267 e. The van der Waals surface area contributed by atoms with Crippen molar-refractivity contribution in [1.82, 2.24) is 10.2 Å². The van der Waals surface area contributed by atoms with E-state index in [0.717, 1.165) is 19.4 Å². The van der Waals surface area contributed by atoms with Gasteiger partial charge in [-0.05, 0) is 31.0 Å². The van der Waals surface area contributed by atoms with Crippen LogP contribution in [0.4, 0.5) is 5.69 Å². The Balaban J connectivity index is 1.81. The molecule has 0 aliphatic carbocycles. The van der Waals surface area contributed by atoms with Crippen LogP contribution in [0.5, 0.6) is 5.75 Å². The number of amides is 2. The van der Waals surface area contributed by atoms with Gasteiger partial charge in [-0.3, -0.25) is 9.59 Å². The number of rotatable bonds is 8. The largest absolute Gasteiger partial charge is 0.495 e. The number of halogens is 1. The van der Waals surface area contributed by atoms with E-state index in [0.29, 0.717) is 36.0 Å². The van der Waals surface area contributed by atoms with Gasteiger partial charge >= 0.3 is 0 Å². The topological polar surface area (TPSA) is 94.5 Å². The van der Waals surface area contributed by atoms with Crippen LogP contribution in [0.15, 0.2) is 30.0 Å². The van der Waals surface area contributed by atoms with Crippen molar-refractivity contribution in [3.05, 3.63) is 35.0 Å². The van der Waals surface area contributed by atoms with Crippen LogP contribution in [-0.2, 0) is 9.59 Å². The number of nitriles is 1. The van der Waals surface area contributed by atoms with Gasteiger partial charge in [-0.1, -0.05) is 11.6 Å². The van der Waals surface area contributed by atoms with Gasteiger partial charge in [0.1, 0.15) is 17.4 Å². The molecule has 1 aromatic carbocycles. The van der Waals surface area contributed by atoms with Crippen molar-refractivity contribution in [2.45, 2.75) is 19.3 Å². The summed E-state index contributed by atoms with van der Waals surface area (Å²) in [7, 11) is 1.50. The predicted molar refractivity (Wildman–Crippen MR) is 98.8 cm³/mol. The molecule has 1 heterocycles. The first kappa shape index (κ1) is 19.6. The van der Waals surface area contributed by atoms with Crippen molar-refractivity contribution in [3.63, 3.8) is 0 Å². The molecule has 0 radical (unpaired) electrons. The molecule has 2 amide bonds. The summed E-state index contributed by atoms with van der Waals surface area (Å²) in [5.74, 6) is 0.158. The van der Waals surface area contributed by atoms with Crippen molar-refractivity contribution in [2.24, 2.45) is 0 Å². The van der Waals surface area contributed by atoms with E-state index in [1.54, 1.807) is 18.2 Å². The molecule has 1 fully saturated rings. The van der Waals surface area contributed by atoms with Crippen LogP contribution in [0.25, 0.3) is 0 Å². The molecule has 0 spiro atoms. The van der Waals surface area contributed by atoms with Gasteiger partial charge in [0.2, 0.25) is 5.91 Å². The Labute approximate surface area is 157 Å². The van der Waals surface area contributed by atoms with Crippen molar-refractivity contribution in [1.29, 1.82) is 5.26 Å². The van der Waals surface area contributed by atoms with Gasteiger partial charge in [-0.2, -0.15) is 5.26 Å². The third kappa shape index (κ3) is 5.39. The molecule has 0 atom stereocenters. The molecule has 0 unspecified atom stereocenters. The van der Waals surface area contributed by atoms with Gasteiger partial charge in [0, 0.05) is 37.9 Å². The molecule has 2 rings (SSSR count). The zero-order chi connectivity index (χ0) is 18.9. The second-order valence-corrected chi connectivity index (χ2v) is 6.17. The number of likely N-dealkylation sites (tertiary alicyclic amines) is 1. The van der Waals surface area contributed by atoms with Crippen molar-refractivity contribution in [3.8, 4) is 11.8 Å². The van der Waals surface area contributed by atoms with Crippen molar-refractivity contribution >= 4 is 29.1 Å². The average molecular weight is 377 g/mol. The molecule has 7 nitrogen and oxygen atoms in total. The molecule has 26 heavy (non-hydrogen) atoms. The number of hydrogen-bond donors (Lipinski definition) is 2. The lowest BCUT2D eigenvalue weighted by molar-refractivity contribution is -0.127. The molecular formula is C18H21ClN4O3. The highest BCUT2D eigenvalue weighted by Gasteiger charge is 2.18. The lowest BCUT2D eigenvalue weighted by Crippen LogP contribution is -2.27. The summed E-state index contributed by atoms with van der Waals surface area (Å²) < 4.78 is 5.05. The molecule has 1 saturated heterocycles. The molecular weight excluding hydrogens is 356 g/mol. The lowest BCUT2D eigenvalue weighted by atomic mass is 10.2. The van der Waals surface area contributed by atoms with E-state index in [4.69, 9.17) is 21.6 Å². The Morgan fingerprint density at radius 3 is 2.92 bits per heavy atom. The van der Waals surface area contributed by atoms with Crippen LogP contribution >= 0.6 is 11.6 Å². The van der Waals surface area contributed by atoms with E-state index in [2.05, 4.69) is 10.6 Å². The Kier molecular flexibility index (Phi) is 7.30. The molecule has 8 heteroatoms. The highest BCUT2D eigenvalue weighted by molar-refractivity contribution is 6.32. The number of anilines is 1. The normalized spacial score (nSPS) is 14.1. The summed E-state index contributed by atoms with van der Waals surface area (Å²) in [6, 6.07) is 6.68. The van der Waals surface area contributed by atoms with Crippen LogP contribution in [0, 0.1) is 11.3 Å². The quantitative estimate of drug-likeness (QED) is 0.412. The summed E-state index contributed by atoms with van der Waals surface area (Å²) in [6.07, 6.45) is 3.67. The lowest BCUT2D eigenvalue weighted by Gasteiger charge is -2.14. The summed E-state index contributed by atoms with van der Waals surface area (Å²) in [5.41, 5.74) is 0.420. The van der Waals surface area contributed by atoms with E-state index < -0.39 is 5.91 Å². The van der Waals surface area contributed by atoms with E-state index in [-0.39, 0.29) is 11.5 Å². The fourth-order valence-corrected chi connectivity index (χ4v) is 2.84. The molecule has 0 bridgehead atoms. The molecule has 1 aliphatic rings. The van der Waals surface area contributed by atoms with Gasteiger partial charge in [0.15, 0.2) is 0 Å². The zero-order valence-corrected chi connectivity index (χ0v) is 15.3. The first-order valence-corrected chi connectivity index (χ1v) is 8.69. The van der Waals surface area contributed by atoms with Crippen LogP contribution in [0.3, 0.4) is 0 Å². The van der Waals surface area contributed by atoms with Crippen LogP contribution < -0.4 is 15.4 Å². The third-order valence-corrected chi connectivity index (χ3v) is 4.24. The monoisotopic (exact) mass is 376 g/mol. The van der Waals surface area contributed by atoms with E-state index >= 15 is 0 Å². The Bertz CT molecular complexity index is 742. The van der Waals surface area contributed by atoms with E-state index in [1.165, 1.54) is 13.3 Å². The first-order chi connectivity index (χ1) is 12.5. The summed E-state index contributed by atoms with van der Waals surface area (Å²) in [5, 5.41) is 15.1. The van der Waals surface area contributed by atoms with Gasteiger partial charge in [-0.15, -0.1) is 0 Å². The molecule has 0 saturated carbocycles. The van der Waals surface area contributed by atoms with Crippen LogP contribution in [0.2, 0.25) is 5.02 Å². The number of methoxy groups -OCH3 is 1. The standard InChI is InChI=1S/C18H21ClN4O3/c1-26-16-6-5-14(10-15(16)19)22-18(25)13(11-20)12-21-7-3-9-23-8-2-4-17(23)24/h5-6,10,12,21H,2-4,7-9H2,1H3,(H,22,25)/b13-12-. The SMILES string of the molecule is COc1ccc(NC(=O)/C(C#N)=C\NCCCN2CCCC2=O)cc1Cl.